The van der Waals surface area contributed by atoms with E-state index in [9.17, 15) is 0 Å². The van der Waals surface area contributed by atoms with E-state index >= 15 is 0 Å². The molecule has 0 aliphatic rings. The van der Waals surface area contributed by atoms with Crippen molar-refractivity contribution in [1.29, 1.82) is 0 Å². The Balaban J connectivity index is 2.69. The molecule has 0 heterocycles. The van der Waals surface area contributed by atoms with Crippen molar-refractivity contribution in [2.75, 3.05) is 16.3 Å². The minimum absolute atomic E-state index is 1.03. The second-order valence-corrected chi connectivity index (χ2v) is 4.51. The molecular weight excluding hydrogens is 329 g/mol. The summed E-state index contributed by atoms with van der Waals surface area (Å²) in [7, 11) is 0. The van der Waals surface area contributed by atoms with Crippen molar-refractivity contribution in [3.8, 4) is 0 Å². The van der Waals surface area contributed by atoms with Crippen LogP contribution in [0.15, 0.2) is 22.7 Å². The molecule has 0 unspecified atom stereocenters. The van der Waals surface area contributed by atoms with Gasteiger partial charge in [0.05, 0.1) is 0 Å². The average Bonchev–Trinajstić information content (AvgIpc) is 2.07. The van der Waals surface area contributed by atoms with Crippen LogP contribution in [0.25, 0.3) is 0 Å². The van der Waals surface area contributed by atoms with Crippen LogP contribution in [-0.4, -0.2) is 11.0 Å². The van der Waals surface area contributed by atoms with E-state index in [-0.39, 0.29) is 0 Å². The monoisotopic (exact) mass is 339 g/mol. The first kappa shape index (κ1) is 10.3. The number of hydrogen-bond acceptors (Lipinski definition) is 1. The summed E-state index contributed by atoms with van der Waals surface area (Å²) in [4.78, 5) is 0. The fourth-order valence-electron chi connectivity index (χ4n) is 0.946. The zero-order valence-electron chi connectivity index (χ0n) is 6.90. The number of benzene rings is 1. The highest BCUT2D eigenvalue weighted by Crippen LogP contribution is 2.19. The molecule has 1 N–H and O–H groups in total. The molecule has 1 aromatic carbocycles. The second-order valence-electron chi connectivity index (χ2n) is 2.58. The van der Waals surface area contributed by atoms with Gasteiger partial charge in [-0.05, 0) is 30.7 Å². The fraction of sp³-hybridized carbons (Fsp3) is 0.333. The summed E-state index contributed by atoms with van der Waals surface area (Å²) in [6, 6.07) is 6.31. The number of anilines is 1. The Morgan fingerprint density at radius 1 is 1.50 bits per heavy atom. The highest BCUT2D eigenvalue weighted by Gasteiger charge is 1.95. The Morgan fingerprint density at radius 3 is 2.83 bits per heavy atom. The van der Waals surface area contributed by atoms with E-state index in [0.717, 1.165) is 11.0 Å². The molecule has 66 valence electrons. The largest absolute Gasteiger partial charge is 0.384 e. The number of alkyl halides is 1. The van der Waals surface area contributed by atoms with Gasteiger partial charge in [0.2, 0.25) is 0 Å². The summed E-state index contributed by atoms with van der Waals surface area (Å²) in [6.45, 7) is 3.13. The van der Waals surface area contributed by atoms with Gasteiger partial charge in [-0.1, -0.05) is 38.5 Å². The van der Waals surface area contributed by atoms with Gasteiger partial charge in [-0.2, -0.15) is 0 Å². The van der Waals surface area contributed by atoms with Crippen LogP contribution in [0, 0.1) is 6.92 Å². The number of nitrogens with one attached hydrogen (secondary N) is 1. The van der Waals surface area contributed by atoms with Gasteiger partial charge in [0.1, 0.15) is 0 Å². The lowest BCUT2D eigenvalue weighted by Gasteiger charge is -2.05. The predicted molar refractivity (Wildman–Crippen MR) is 66.3 cm³/mol. The highest BCUT2D eigenvalue weighted by atomic mass is 127. The molecule has 1 nitrogen and oxygen atoms in total. The summed E-state index contributed by atoms with van der Waals surface area (Å²) in [5.41, 5.74) is 2.47. The third-order valence-electron chi connectivity index (χ3n) is 1.58. The zero-order valence-corrected chi connectivity index (χ0v) is 10.6. The van der Waals surface area contributed by atoms with Gasteiger partial charge in [-0.25, -0.2) is 0 Å². The van der Waals surface area contributed by atoms with Crippen LogP contribution in [0.1, 0.15) is 5.56 Å². The standard InChI is InChI=1S/C9H11BrIN/c1-7-6-8(12-5-4-11)2-3-9(7)10/h2-3,6,12H,4-5H2,1H3. The van der Waals surface area contributed by atoms with E-state index in [0.29, 0.717) is 0 Å². The molecule has 0 aliphatic carbocycles. The molecule has 0 spiro atoms. The van der Waals surface area contributed by atoms with Crippen molar-refractivity contribution in [2.24, 2.45) is 0 Å². The summed E-state index contributed by atoms with van der Waals surface area (Å²) in [5.74, 6) is 0. The maximum absolute atomic E-state index is 3.47. The molecule has 0 aromatic heterocycles. The minimum Gasteiger partial charge on any atom is -0.384 e. The SMILES string of the molecule is Cc1cc(NCCI)ccc1Br. The van der Waals surface area contributed by atoms with Crippen LogP contribution in [-0.2, 0) is 0 Å². The van der Waals surface area contributed by atoms with Gasteiger partial charge >= 0.3 is 0 Å². The molecule has 0 saturated carbocycles. The lowest BCUT2D eigenvalue weighted by Crippen LogP contribution is -2.01. The van der Waals surface area contributed by atoms with E-state index in [1.807, 2.05) is 0 Å². The van der Waals surface area contributed by atoms with Crippen molar-refractivity contribution in [3.63, 3.8) is 0 Å². The van der Waals surface area contributed by atoms with Crippen LogP contribution in [0.4, 0.5) is 5.69 Å². The molecule has 0 amide bonds. The Morgan fingerprint density at radius 2 is 2.25 bits per heavy atom. The first-order valence-corrected chi connectivity index (χ1v) is 6.12. The van der Waals surface area contributed by atoms with Gasteiger partial charge in [-0.15, -0.1) is 0 Å². The van der Waals surface area contributed by atoms with Crippen LogP contribution in [0.3, 0.4) is 0 Å². The fourth-order valence-corrected chi connectivity index (χ4v) is 1.46. The van der Waals surface area contributed by atoms with Gasteiger partial charge in [-0.3, -0.25) is 0 Å². The third-order valence-corrected chi connectivity index (χ3v) is 3.01. The minimum atomic E-state index is 1.03. The van der Waals surface area contributed by atoms with Crippen molar-refractivity contribution in [1.82, 2.24) is 0 Å². The Hall–Kier alpha value is 0.230. The first-order valence-electron chi connectivity index (χ1n) is 3.80. The van der Waals surface area contributed by atoms with Crippen molar-refractivity contribution in [3.05, 3.63) is 28.2 Å². The van der Waals surface area contributed by atoms with Gasteiger partial charge in [0.15, 0.2) is 0 Å². The number of hydrogen-bond donors (Lipinski definition) is 1. The molecule has 0 bridgehead atoms. The molecular formula is C9H11BrIN. The van der Waals surface area contributed by atoms with Crippen molar-refractivity contribution >= 4 is 44.2 Å². The van der Waals surface area contributed by atoms with E-state index in [4.69, 9.17) is 0 Å². The van der Waals surface area contributed by atoms with Crippen LogP contribution in [0.5, 0.6) is 0 Å². The second kappa shape index (κ2) is 5.07. The Bertz CT molecular complexity index is 263. The molecule has 3 heteroatoms. The predicted octanol–water partition coefficient (Wildman–Crippen LogP) is 3.60. The van der Waals surface area contributed by atoms with Crippen LogP contribution in [0.2, 0.25) is 0 Å². The summed E-state index contributed by atoms with van der Waals surface area (Å²) in [5, 5.41) is 3.33. The average molecular weight is 340 g/mol. The van der Waals surface area contributed by atoms with Gasteiger partial charge in [0.25, 0.3) is 0 Å². The van der Waals surface area contributed by atoms with E-state index < -0.39 is 0 Å². The Kier molecular flexibility index (Phi) is 4.35. The first-order chi connectivity index (χ1) is 5.74. The van der Waals surface area contributed by atoms with Gasteiger partial charge in [0, 0.05) is 21.1 Å². The molecule has 1 aromatic rings. The highest BCUT2D eigenvalue weighted by molar-refractivity contribution is 14.1. The third kappa shape index (κ3) is 2.94. The van der Waals surface area contributed by atoms with Crippen LogP contribution < -0.4 is 5.32 Å². The maximum Gasteiger partial charge on any atom is 0.0343 e. The van der Waals surface area contributed by atoms with Crippen molar-refractivity contribution in [2.45, 2.75) is 6.92 Å². The van der Waals surface area contributed by atoms with E-state index in [1.54, 1.807) is 0 Å². The molecule has 0 fully saturated rings. The normalized spacial score (nSPS) is 9.92. The van der Waals surface area contributed by atoms with E-state index in [2.05, 4.69) is 69.0 Å². The molecule has 0 saturated heterocycles. The number of aryl methyl sites for hydroxylation is 1. The van der Waals surface area contributed by atoms with Crippen molar-refractivity contribution < 1.29 is 0 Å². The quantitative estimate of drug-likeness (QED) is 0.655. The summed E-state index contributed by atoms with van der Waals surface area (Å²) < 4.78 is 2.30. The molecule has 0 radical (unpaired) electrons. The molecule has 1 rings (SSSR count). The lowest BCUT2D eigenvalue weighted by molar-refractivity contribution is 1.24. The van der Waals surface area contributed by atoms with Crippen LogP contribution >= 0.6 is 38.5 Å². The van der Waals surface area contributed by atoms with Gasteiger partial charge < -0.3 is 5.32 Å². The smallest absolute Gasteiger partial charge is 0.0343 e. The number of halogens is 2. The zero-order chi connectivity index (χ0) is 8.97. The topological polar surface area (TPSA) is 12.0 Å². The maximum atomic E-state index is 3.47. The molecule has 12 heavy (non-hydrogen) atoms. The lowest BCUT2D eigenvalue weighted by atomic mass is 10.2. The van der Waals surface area contributed by atoms with E-state index in [1.165, 1.54) is 15.7 Å². The molecule has 0 aliphatic heterocycles. The molecule has 0 atom stereocenters. The summed E-state index contributed by atoms with van der Waals surface area (Å²) >= 11 is 5.83. The number of rotatable bonds is 3. The summed E-state index contributed by atoms with van der Waals surface area (Å²) in [6.07, 6.45) is 0. The Labute approximate surface area is 95.2 Å².